The fraction of sp³-hybridized carbons (Fsp3) is 0.538. The van der Waals surface area contributed by atoms with E-state index in [0.717, 1.165) is 12.2 Å². The van der Waals surface area contributed by atoms with Gasteiger partial charge in [0.25, 0.3) is 0 Å². The molecule has 1 aromatic carbocycles. The number of nitrogens with zero attached hydrogens (tertiary/aromatic N) is 1. The SMILES string of the molecule is CC1COCCN1c1cccc(F)c1[C@@H](C)N. The quantitative estimate of drug-likeness (QED) is 0.857. The maximum absolute atomic E-state index is 13.8. The Morgan fingerprint density at radius 3 is 2.94 bits per heavy atom. The second kappa shape index (κ2) is 5.02. The summed E-state index contributed by atoms with van der Waals surface area (Å²) >= 11 is 0. The van der Waals surface area contributed by atoms with Crippen molar-refractivity contribution in [1.82, 2.24) is 0 Å². The van der Waals surface area contributed by atoms with E-state index < -0.39 is 0 Å². The van der Waals surface area contributed by atoms with Crippen molar-refractivity contribution in [2.24, 2.45) is 5.73 Å². The average molecular weight is 238 g/mol. The summed E-state index contributed by atoms with van der Waals surface area (Å²) in [7, 11) is 0. The molecule has 1 unspecified atom stereocenters. The van der Waals surface area contributed by atoms with Gasteiger partial charge in [-0.2, -0.15) is 0 Å². The molecule has 4 heteroatoms. The molecule has 1 heterocycles. The Labute approximate surface area is 101 Å². The van der Waals surface area contributed by atoms with Gasteiger partial charge in [-0.15, -0.1) is 0 Å². The summed E-state index contributed by atoms with van der Waals surface area (Å²) in [6.45, 7) is 6.03. The number of hydrogen-bond acceptors (Lipinski definition) is 3. The van der Waals surface area contributed by atoms with Crippen LogP contribution in [-0.2, 0) is 4.74 Å². The molecule has 17 heavy (non-hydrogen) atoms. The van der Waals surface area contributed by atoms with Gasteiger partial charge in [-0.3, -0.25) is 0 Å². The van der Waals surface area contributed by atoms with E-state index in [4.69, 9.17) is 10.5 Å². The summed E-state index contributed by atoms with van der Waals surface area (Å²) in [5.74, 6) is -0.226. The number of hydrogen-bond donors (Lipinski definition) is 1. The van der Waals surface area contributed by atoms with Crippen molar-refractivity contribution < 1.29 is 9.13 Å². The van der Waals surface area contributed by atoms with Gasteiger partial charge in [0.15, 0.2) is 0 Å². The van der Waals surface area contributed by atoms with Crippen LogP contribution in [-0.4, -0.2) is 25.8 Å². The van der Waals surface area contributed by atoms with Gasteiger partial charge in [0, 0.05) is 29.9 Å². The second-order valence-electron chi connectivity index (χ2n) is 4.58. The molecule has 2 atom stereocenters. The van der Waals surface area contributed by atoms with Crippen LogP contribution in [0.3, 0.4) is 0 Å². The summed E-state index contributed by atoms with van der Waals surface area (Å²) < 4.78 is 19.2. The van der Waals surface area contributed by atoms with Gasteiger partial charge >= 0.3 is 0 Å². The molecule has 2 N–H and O–H groups in total. The fourth-order valence-corrected chi connectivity index (χ4v) is 2.31. The molecular formula is C13H19FN2O. The lowest BCUT2D eigenvalue weighted by Gasteiger charge is -2.37. The minimum atomic E-state index is -0.304. The van der Waals surface area contributed by atoms with E-state index in [0.29, 0.717) is 18.8 Å². The molecule has 0 saturated carbocycles. The normalized spacial score (nSPS) is 22.6. The molecule has 0 amide bonds. The van der Waals surface area contributed by atoms with E-state index in [1.807, 2.05) is 13.0 Å². The maximum atomic E-state index is 13.8. The third-order valence-corrected chi connectivity index (χ3v) is 3.16. The molecule has 3 nitrogen and oxygen atoms in total. The molecule has 0 radical (unpaired) electrons. The number of benzene rings is 1. The smallest absolute Gasteiger partial charge is 0.130 e. The molecule has 0 aromatic heterocycles. The molecule has 0 spiro atoms. The topological polar surface area (TPSA) is 38.5 Å². The molecule has 1 fully saturated rings. The molecule has 0 bridgehead atoms. The van der Waals surface area contributed by atoms with Crippen molar-refractivity contribution >= 4 is 5.69 Å². The molecule has 94 valence electrons. The van der Waals surface area contributed by atoms with Crippen LogP contribution in [0.1, 0.15) is 25.5 Å². The van der Waals surface area contributed by atoms with Crippen LogP contribution in [0.4, 0.5) is 10.1 Å². The third kappa shape index (κ3) is 2.42. The minimum Gasteiger partial charge on any atom is -0.377 e. The van der Waals surface area contributed by atoms with Crippen LogP contribution in [0, 0.1) is 5.82 Å². The highest BCUT2D eigenvalue weighted by atomic mass is 19.1. The highest BCUT2D eigenvalue weighted by Crippen LogP contribution is 2.30. The van der Waals surface area contributed by atoms with Gasteiger partial charge in [-0.05, 0) is 26.0 Å². The first-order valence-electron chi connectivity index (χ1n) is 5.99. The highest BCUT2D eigenvalue weighted by molar-refractivity contribution is 5.56. The van der Waals surface area contributed by atoms with Crippen molar-refractivity contribution in [2.45, 2.75) is 25.9 Å². The first-order chi connectivity index (χ1) is 8.11. The number of ether oxygens (including phenoxy) is 1. The summed E-state index contributed by atoms with van der Waals surface area (Å²) in [5, 5.41) is 0. The van der Waals surface area contributed by atoms with Crippen LogP contribution in [0.2, 0.25) is 0 Å². The Kier molecular flexibility index (Phi) is 3.64. The van der Waals surface area contributed by atoms with Crippen LogP contribution >= 0.6 is 0 Å². The lowest BCUT2D eigenvalue weighted by molar-refractivity contribution is 0.0988. The molecule has 1 saturated heterocycles. The summed E-state index contributed by atoms with van der Waals surface area (Å²) in [4.78, 5) is 2.17. The first-order valence-corrected chi connectivity index (χ1v) is 5.99. The van der Waals surface area contributed by atoms with Crippen molar-refractivity contribution in [2.75, 3.05) is 24.7 Å². The number of nitrogens with two attached hydrogens (primary N) is 1. The van der Waals surface area contributed by atoms with Crippen LogP contribution < -0.4 is 10.6 Å². The summed E-state index contributed by atoms with van der Waals surface area (Å²) in [5.41, 5.74) is 7.37. The Morgan fingerprint density at radius 1 is 1.53 bits per heavy atom. The third-order valence-electron chi connectivity index (χ3n) is 3.16. The number of morpholine rings is 1. The zero-order chi connectivity index (χ0) is 12.4. The first kappa shape index (κ1) is 12.3. The average Bonchev–Trinajstić information content (AvgIpc) is 2.28. The van der Waals surface area contributed by atoms with Crippen molar-refractivity contribution in [3.63, 3.8) is 0 Å². The second-order valence-corrected chi connectivity index (χ2v) is 4.58. The lowest BCUT2D eigenvalue weighted by Crippen LogP contribution is -2.44. The Morgan fingerprint density at radius 2 is 2.29 bits per heavy atom. The van der Waals surface area contributed by atoms with Crippen molar-refractivity contribution in [3.05, 3.63) is 29.6 Å². The van der Waals surface area contributed by atoms with Gasteiger partial charge in [0.05, 0.1) is 13.2 Å². The standard InChI is InChI=1S/C13H19FN2O/c1-9-8-17-7-6-16(9)12-5-3-4-11(14)13(12)10(2)15/h3-5,9-10H,6-8,15H2,1-2H3/t9?,10-/m1/s1. The zero-order valence-corrected chi connectivity index (χ0v) is 10.3. The molecular weight excluding hydrogens is 219 g/mol. The number of rotatable bonds is 2. The van der Waals surface area contributed by atoms with Gasteiger partial charge in [-0.25, -0.2) is 4.39 Å². The summed E-state index contributed by atoms with van der Waals surface area (Å²) in [6, 6.07) is 5.08. The largest absolute Gasteiger partial charge is 0.377 e. The number of halogens is 1. The Balaban J connectivity index is 2.40. The van der Waals surface area contributed by atoms with E-state index in [1.54, 1.807) is 6.07 Å². The Bertz CT molecular complexity index is 395. The van der Waals surface area contributed by atoms with Crippen molar-refractivity contribution in [1.29, 1.82) is 0 Å². The fourth-order valence-electron chi connectivity index (χ4n) is 2.31. The van der Waals surface area contributed by atoms with E-state index in [9.17, 15) is 4.39 Å². The highest BCUT2D eigenvalue weighted by Gasteiger charge is 2.23. The van der Waals surface area contributed by atoms with E-state index in [2.05, 4.69) is 11.8 Å². The Hall–Kier alpha value is -1.13. The minimum absolute atomic E-state index is 0.226. The van der Waals surface area contributed by atoms with E-state index >= 15 is 0 Å². The van der Waals surface area contributed by atoms with E-state index in [-0.39, 0.29) is 17.9 Å². The van der Waals surface area contributed by atoms with Gasteiger partial charge in [0.1, 0.15) is 5.82 Å². The summed E-state index contributed by atoms with van der Waals surface area (Å²) in [6.07, 6.45) is 0. The van der Waals surface area contributed by atoms with Crippen LogP contribution in [0.25, 0.3) is 0 Å². The maximum Gasteiger partial charge on any atom is 0.130 e. The molecule has 1 aliphatic heterocycles. The van der Waals surface area contributed by atoms with Gasteiger partial charge in [0.2, 0.25) is 0 Å². The zero-order valence-electron chi connectivity index (χ0n) is 10.3. The predicted octanol–water partition coefficient (Wildman–Crippen LogP) is 2.07. The van der Waals surface area contributed by atoms with Gasteiger partial charge in [-0.1, -0.05) is 6.07 Å². The molecule has 2 rings (SSSR count). The molecule has 1 aromatic rings. The van der Waals surface area contributed by atoms with Crippen LogP contribution in [0.5, 0.6) is 0 Å². The monoisotopic (exact) mass is 238 g/mol. The lowest BCUT2D eigenvalue weighted by atomic mass is 10.0. The van der Waals surface area contributed by atoms with E-state index in [1.165, 1.54) is 6.07 Å². The predicted molar refractivity (Wildman–Crippen MR) is 66.6 cm³/mol. The number of anilines is 1. The van der Waals surface area contributed by atoms with Crippen molar-refractivity contribution in [3.8, 4) is 0 Å². The van der Waals surface area contributed by atoms with Gasteiger partial charge < -0.3 is 15.4 Å². The van der Waals surface area contributed by atoms with Crippen LogP contribution in [0.15, 0.2) is 18.2 Å². The molecule has 0 aliphatic carbocycles. The molecule has 1 aliphatic rings.